The van der Waals surface area contributed by atoms with Crippen molar-refractivity contribution in [1.82, 2.24) is 15.1 Å². The van der Waals surface area contributed by atoms with E-state index in [2.05, 4.69) is 15.1 Å². The number of hydrogen-bond acceptors (Lipinski definition) is 4. The fraction of sp³-hybridized carbons (Fsp3) is 0.231. The lowest BCUT2D eigenvalue weighted by Gasteiger charge is -2.27. The number of morpholine rings is 1. The molecule has 1 aliphatic heterocycles. The lowest BCUT2D eigenvalue weighted by Crippen LogP contribution is -2.35. The minimum atomic E-state index is -0.860. The highest BCUT2D eigenvalue weighted by Gasteiger charge is 2.21. The lowest BCUT2D eigenvalue weighted by atomic mass is 9.97. The highest BCUT2D eigenvalue weighted by atomic mass is 19.1. The SMILES string of the molecule is NC(=O)c1cc(CN2CCOCC2)cc(-c2n[nH]c3ccc(Cc4cc(F)cc(F)c4)cc23)c1F. The van der Waals surface area contributed by atoms with E-state index in [4.69, 9.17) is 10.5 Å². The van der Waals surface area contributed by atoms with Gasteiger partial charge in [0.25, 0.3) is 5.91 Å². The molecule has 0 atom stereocenters. The van der Waals surface area contributed by atoms with E-state index in [0.717, 1.165) is 30.3 Å². The Morgan fingerprint density at radius 2 is 1.71 bits per heavy atom. The summed E-state index contributed by atoms with van der Waals surface area (Å²) in [7, 11) is 0. The van der Waals surface area contributed by atoms with E-state index in [-0.39, 0.29) is 17.5 Å². The molecule has 4 aromatic rings. The molecule has 3 aromatic carbocycles. The molecular formula is C26H23F3N4O2. The summed E-state index contributed by atoms with van der Waals surface area (Å²) in [5.74, 6) is -2.90. The van der Waals surface area contributed by atoms with Crippen LogP contribution >= 0.6 is 0 Å². The van der Waals surface area contributed by atoms with Gasteiger partial charge in [0.2, 0.25) is 0 Å². The summed E-state index contributed by atoms with van der Waals surface area (Å²) >= 11 is 0. The number of primary amides is 1. The predicted molar refractivity (Wildman–Crippen MR) is 125 cm³/mol. The number of amides is 1. The van der Waals surface area contributed by atoms with Crippen LogP contribution in [0, 0.1) is 17.5 Å². The van der Waals surface area contributed by atoms with E-state index in [1.807, 2.05) is 6.07 Å². The molecule has 0 unspecified atom stereocenters. The van der Waals surface area contributed by atoms with Crippen LogP contribution in [0.15, 0.2) is 48.5 Å². The van der Waals surface area contributed by atoms with E-state index in [0.29, 0.717) is 41.9 Å². The van der Waals surface area contributed by atoms with Gasteiger partial charge in [0.05, 0.1) is 24.3 Å². The number of aromatic amines is 1. The first kappa shape index (κ1) is 23.1. The van der Waals surface area contributed by atoms with Crippen LogP contribution in [0.25, 0.3) is 22.2 Å². The quantitative estimate of drug-likeness (QED) is 0.434. The summed E-state index contributed by atoms with van der Waals surface area (Å²) < 4.78 is 48.1. The van der Waals surface area contributed by atoms with Crippen LogP contribution in [0.1, 0.15) is 27.0 Å². The Bertz CT molecular complexity index is 1390. The van der Waals surface area contributed by atoms with Crippen molar-refractivity contribution < 1.29 is 22.7 Å². The molecule has 35 heavy (non-hydrogen) atoms. The van der Waals surface area contributed by atoms with Crippen LogP contribution < -0.4 is 5.73 Å². The zero-order valence-electron chi connectivity index (χ0n) is 18.8. The topological polar surface area (TPSA) is 84.2 Å². The van der Waals surface area contributed by atoms with Crippen molar-refractivity contribution in [3.8, 4) is 11.3 Å². The summed E-state index contributed by atoms with van der Waals surface area (Å²) in [6.07, 6.45) is 0.279. The van der Waals surface area contributed by atoms with Crippen molar-refractivity contribution in [3.05, 3.63) is 88.2 Å². The van der Waals surface area contributed by atoms with Crippen molar-refractivity contribution in [2.75, 3.05) is 26.3 Å². The molecule has 0 radical (unpaired) electrons. The van der Waals surface area contributed by atoms with Crippen molar-refractivity contribution in [3.63, 3.8) is 0 Å². The van der Waals surface area contributed by atoms with Crippen LogP contribution in [0.2, 0.25) is 0 Å². The average Bonchev–Trinajstić information content (AvgIpc) is 3.23. The Morgan fingerprint density at radius 1 is 0.971 bits per heavy atom. The number of nitrogens with one attached hydrogen (secondary N) is 1. The van der Waals surface area contributed by atoms with Gasteiger partial charge >= 0.3 is 0 Å². The summed E-state index contributed by atoms with van der Waals surface area (Å²) in [6, 6.07) is 11.9. The third kappa shape index (κ3) is 4.91. The standard InChI is InChI=1S/C26H23F3N4O2/c27-18-8-16(9-19(28)13-18)7-15-1-2-23-20(10-15)25(32-31-23)21-11-17(12-22(24(21)29)26(30)34)14-33-3-5-35-6-4-33/h1-2,8-13H,3-7,14H2,(H2,30,34)(H,31,32). The number of hydrogen-bond donors (Lipinski definition) is 2. The van der Waals surface area contributed by atoms with Gasteiger partial charge in [0.1, 0.15) is 23.1 Å². The number of halogens is 3. The van der Waals surface area contributed by atoms with Gasteiger partial charge in [0, 0.05) is 36.7 Å². The van der Waals surface area contributed by atoms with E-state index in [1.165, 1.54) is 18.2 Å². The summed E-state index contributed by atoms with van der Waals surface area (Å²) in [5.41, 5.74) is 8.41. The van der Waals surface area contributed by atoms with Crippen molar-refractivity contribution in [2.45, 2.75) is 13.0 Å². The first-order valence-electron chi connectivity index (χ1n) is 11.2. The lowest BCUT2D eigenvalue weighted by molar-refractivity contribution is 0.0342. The maximum Gasteiger partial charge on any atom is 0.251 e. The first-order valence-corrected chi connectivity index (χ1v) is 11.2. The maximum atomic E-state index is 15.4. The van der Waals surface area contributed by atoms with Gasteiger partial charge in [-0.05, 0) is 59.5 Å². The Balaban J connectivity index is 1.55. The van der Waals surface area contributed by atoms with Crippen LogP contribution in [0.3, 0.4) is 0 Å². The van der Waals surface area contributed by atoms with Gasteiger partial charge < -0.3 is 10.5 Å². The highest BCUT2D eigenvalue weighted by Crippen LogP contribution is 2.32. The molecule has 0 spiro atoms. The number of H-pyrrole nitrogens is 1. The molecule has 0 saturated carbocycles. The van der Waals surface area contributed by atoms with Gasteiger partial charge in [0.15, 0.2) is 0 Å². The van der Waals surface area contributed by atoms with E-state index >= 15 is 4.39 Å². The fourth-order valence-corrected chi connectivity index (χ4v) is 4.47. The number of benzene rings is 3. The molecule has 0 bridgehead atoms. The number of carbonyl (C=O) groups excluding carboxylic acids is 1. The van der Waals surface area contributed by atoms with Crippen LogP contribution in [-0.4, -0.2) is 47.3 Å². The number of nitrogens with zero attached hydrogens (tertiary/aromatic N) is 2. The Kier molecular flexibility index (Phi) is 6.27. The van der Waals surface area contributed by atoms with Gasteiger partial charge in [-0.3, -0.25) is 14.8 Å². The van der Waals surface area contributed by atoms with Crippen LogP contribution in [0.5, 0.6) is 0 Å². The average molecular weight is 480 g/mol. The molecule has 2 heterocycles. The van der Waals surface area contributed by atoms with Gasteiger partial charge in [-0.15, -0.1) is 0 Å². The van der Waals surface area contributed by atoms with Crippen molar-refractivity contribution >= 4 is 16.8 Å². The number of nitrogens with two attached hydrogens (primary N) is 1. The number of ether oxygens (including phenoxy) is 1. The van der Waals surface area contributed by atoms with Crippen LogP contribution in [0.4, 0.5) is 13.2 Å². The van der Waals surface area contributed by atoms with Gasteiger partial charge in [-0.2, -0.15) is 5.10 Å². The minimum absolute atomic E-state index is 0.157. The molecule has 6 nitrogen and oxygen atoms in total. The first-order chi connectivity index (χ1) is 16.9. The van der Waals surface area contributed by atoms with Crippen molar-refractivity contribution in [2.24, 2.45) is 5.73 Å². The van der Waals surface area contributed by atoms with E-state index in [9.17, 15) is 13.6 Å². The predicted octanol–water partition coefficient (Wildman–Crippen LogP) is 4.17. The third-order valence-electron chi connectivity index (χ3n) is 6.12. The van der Waals surface area contributed by atoms with Gasteiger partial charge in [-0.25, -0.2) is 13.2 Å². The Labute approximate surface area is 199 Å². The summed E-state index contributed by atoms with van der Waals surface area (Å²) in [5, 5.41) is 7.84. The third-order valence-corrected chi connectivity index (χ3v) is 6.12. The molecule has 180 valence electrons. The second-order valence-electron chi connectivity index (χ2n) is 8.66. The van der Waals surface area contributed by atoms with E-state index < -0.39 is 23.4 Å². The summed E-state index contributed by atoms with van der Waals surface area (Å²) in [4.78, 5) is 14.2. The molecule has 3 N–H and O–H groups in total. The van der Waals surface area contributed by atoms with E-state index in [1.54, 1.807) is 18.2 Å². The monoisotopic (exact) mass is 480 g/mol. The highest BCUT2D eigenvalue weighted by molar-refractivity contribution is 5.98. The smallest absolute Gasteiger partial charge is 0.251 e. The largest absolute Gasteiger partial charge is 0.379 e. The molecule has 0 aliphatic carbocycles. The maximum absolute atomic E-state index is 15.4. The zero-order chi connectivity index (χ0) is 24.5. The fourth-order valence-electron chi connectivity index (χ4n) is 4.47. The number of rotatable bonds is 6. The number of fused-ring (bicyclic) bond motifs is 1. The minimum Gasteiger partial charge on any atom is -0.379 e. The Hall–Kier alpha value is -3.69. The molecular weight excluding hydrogens is 457 g/mol. The van der Waals surface area contributed by atoms with Gasteiger partial charge in [-0.1, -0.05) is 6.07 Å². The number of carbonyl (C=O) groups is 1. The normalized spacial score (nSPS) is 14.5. The number of aromatic nitrogens is 2. The molecule has 1 fully saturated rings. The van der Waals surface area contributed by atoms with Crippen molar-refractivity contribution in [1.29, 1.82) is 0 Å². The van der Waals surface area contributed by atoms with Crippen LogP contribution in [-0.2, 0) is 17.7 Å². The second kappa shape index (κ2) is 9.52. The molecule has 1 saturated heterocycles. The molecule has 5 rings (SSSR count). The molecule has 1 aliphatic rings. The molecule has 1 aromatic heterocycles. The molecule has 9 heteroatoms. The molecule has 1 amide bonds. The summed E-state index contributed by atoms with van der Waals surface area (Å²) in [6.45, 7) is 3.19. The zero-order valence-corrected chi connectivity index (χ0v) is 18.8. The Morgan fingerprint density at radius 3 is 2.43 bits per heavy atom. The second-order valence-corrected chi connectivity index (χ2v) is 8.66.